The molecule has 8 heteroatoms. The smallest absolute Gasteiger partial charge is 0.278 e. The van der Waals surface area contributed by atoms with Gasteiger partial charge in [-0.05, 0) is 48.1 Å². The van der Waals surface area contributed by atoms with Crippen LogP contribution in [0.1, 0.15) is 30.0 Å². The van der Waals surface area contributed by atoms with Crippen molar-refractivity contribution in [3.63, 3.8) is 0 Å². The van der Waals surface area contributed by atoms with E-state index >= 15 is 0 Å². The fourth-order valence-electron chi connectivity index (χ4n) is 4.23. The number of nitrogens with zero attached hydrogens (tertiary/aromatic N) is 2. The van der Waals surface area contributed by atoms with Gasteiger partial charge in [0.25, 0.3) is 5.91 Å². The Balaban J connectivity index is 1.63. The molecule has 2 N–H and O–H groups in total. The van der Waals surface area contributed by atoms with Gasteiger partial charge < -0.3 is 10.2 Å². The first-order chi connectivity index (χ1) is 15.6. The van der Waals surface area contributed by atoms with Gasteiger partial charge in [0, 0.05) is 12.1 Å². The number of halogens is 2. The molecule has 1 aliphatic heterocycles. The normalized spacial score (nSPS) is 19.2. The number of benzene rings is 2. The SMILES string of the molecule is C[N+](C)(O)CC(=O)N[C@H](C(=O)N1CC(c2cc(F)ccc2F)=C[C@H]1c1ccccc1)C1CC1. The summed E-state index contributed by atoms with van der Waals surface area (Å²) < 4.78 is 27.8. The maximum Gasteiger partial charge on any atom is 0.278 e. The molecular weight excluding hydrogens is 428 g/mol. The summed E-state index contributed by atoms with van der Waals surface area (Å²) in [5.74, 6) is -1.79. The van der Waals surface area contributed by atoms with Gasteiger partial charge >= 0.3 is 0 Å². The van der Waals surface area contributed by atoms with Crippen LogP contribution in [-0.2, 0) is 9.59 Å². The van der Waals surface area contributed by atoms with Crippen LogP contribution in [0, 0.1) is 17.6 Å². The Morgan fingerprint density at radius 2 is 1.85 bits per heavy atom. The average molecular weight is 457 g/mol. The first kappa shape index (κ1) is 23.1. The van der Waals surface area contributed by atoms with E-state index in [0.29, 0.717) is 5.57 Å². The standard InChI is InChI=1S/C25H27F2N3O3/c1-30(2,33)15-23(31)28-24(17-8-9-17)25(32)29-14-18(20-13-19(26)10-11-21(20)27)12-22(29)16-6-4-3-5-7-16/h3-7,10-13,17,22,24,33H,8-9,14-15H2,1-2H3/p+1/t22-,24-/m0/s1. The Labute approximate surface area is 191 Å². The summed E-state index contributed by atoms with van der Waals surface area (Å²) in [6, 6.07) is 11.4. The van der Waals surface area contributed by atoms with E-state index in [1.807, 2.05) is 30.3 Å². The summed E-state index contributed by atoms with van der Waals surface area (Å²) in [6.45, 7) is -0.0873. The maximum atomic E-state index is 14.5. The van der Waals surface area contributed by atoms with Crippen LogP contribution in [0.5, 0.6) is 0 Å². The Morgan fingerprint density at radius 1 is 1.15 bits per heavy atom. The van der Waals surface area contributed by atoms with Crippen molar-refractivity contribution in [1.29, 1.82) is 0 Å². The van der Waals surface area contributed by atoms with Gasteiger partial charge in [-0.1, -0.05) is 36.4 Å². The van der Waals surface area contributed by atoms with E-state index in [0.717, 1.165) is 36.6 Å². The quantitative estimate of drug-likeness (QED) is 0.496. The van der Waals surface area contributed by atoms with Gasteiger partial charge in [0.1, 0.15) is 17.7 Å². The van der Waals surface area contributed by atoms with Crippen LogP contribution in [0.4, 0.5) is 8.78 Å². The first-order valence-corrected chi connectivity index (χ1v) is 11.0. The van der Waals surface area contributed by atoms with Crippen LogP contribution in [-0.4, -0.2) is 59.8 Å². The zero-order chi connectivity index (χ0) is 23.8. The number of hydrogen-bond donors (Lipinski definition) is 2. The molecule has 1 aliphatic carbocycles. The Hall–Kier alpha value is -3.10. The fourth-order valence-corrected chi connectivity index (χ4v) is 4.23. The molecule has 2 amide bonds. The van der Waals surface area contributed by atoms with E-state index in [2.05, 4.69) is 5.32 Å². The molecule has 4 rings (SSSR count). The zero-order valence-electron chi connectivity index (χ0n) is 18.7. The summed E-state index contributed by atoms with van der Waals surface area (Å²) in [5.41, 5.74) is 1.48. The van der Waals surface area contributed by atoms with Crippen LogP contribution < -0.4 is 5.32 Å². The third kappa shape index (κ3) is 5.46. The Bertz CT molecular complexity index is 1080. The second-order valence-electron chi connectivity index (χ2n) is 9.30. The predicted octanol–water partition coefficient (Wildman–Crippen LogP) is 3.29. The number of rotatable bonds is 7. The topological polar surface area (TPSA) is 69.6 Å². The van der Waals surface area contributed by atoms with Gasteiger partial charge in [0.15, 0.2) is 6.54 Å². The number of hydrogen-bond acceptors (Lipinski definition) is 3. The highest BCUT2D eigenvalue weighted by Gasteiger charge is 2.43. The van der Waals surface area contributed by atoms with E-state index in [1.54, 1.807) is 11.0 Å². The van der Waals surface area contributed by atoms with Gasteiger partial charge in [-0.25, -0.2) is 14.0 Å². The molecule has 0 unspecified atom stereocenters. The predicted molar refractivity (Wildman–Crippen MR) is 119 cm³/mol. The van der Waals surface area contributed by atoms with Crippen LogP contribution in [0.2, 0.25) is 0 Å². The maximum absolute atomic E-state index is 14.5. The minimum absolute atomic E-state index is 0.0159. The highest BCUT2D eigenvalue weighted by atomic mass is 19.1. The summed E-state index contributed by atoms with van der Waals surface area (Å²) in [4.78, 5) is 27.8. The lowest BCUT2D eigenvalue weighted by atomic mass is 10.0. The monoisotopic (exact) mass is 456 g/mol. The molecule has 2 atom stereocenters. The molecule has 33 heavy (non-hydrogen) atoms. The lowest BCUT2D eigenvalue weighted by Gasteiger charge is -2.30. The summed E-state index contributed by atoms with van der Waals surface area (Å²) >= 11 is 0. The third-order valence-electron chi connectivity index (χ3n) is 5.94. The van der Waals surface area contributed by atoms with Crippen molar-refractivity contribution in [2.45, 2.75) is 24.9 Å². The lowest BCUT2D eigenvalue weighted by molar-refractivity contribution is -1.07. The summed E-state index contributed by atoms with van der Waals surface area (Å²) in [6.07, 6.45) is 3.41. The van der Waals surface area contributed by atoms with Gasteiger partial charge in [0.2, 0.25) is 5.91 Å². The van der Waals surface area contributed by atoms with Crippen molar-refractivity contribution in [1.82, 2.24) is 10.2 Å². The molecule has 0 aromatic heterocycles. The van der Waals surface area contributed by atoms with Crippen molar-refractivity contribution < 1.29 is 28.2 Å². The van der Waals surface area contributed by atoms with E-state index in [4.69, 9.17) is 0 Å². The number of nitrogens with one attached hydrogen (secondary N) is 1. The molecule has 0 saturated heterocycles. The van der Waals surface area contributed by atoms with Gasteiger partial charge in [-0.15, -0.1) is 0 Å². The number of quaternary nitrogens is 1. The first-order valence-electron chi connectivity index (χ1n) is 11.0. The molecule has 1 saturated carbocycles. The van der Waals surface area contributed by atoms with E-state index in [1.165, 1.54) is 14.1 Å². The van der Waals surface area contributed by atoms with Crippen molar-refractivity contribution in [2.75, 3.05) is 27.2 Å². The van der Waals surface area contributed by atoms with Crippen LogP contribution in [0.15, 0.2) is 54.6 Å². The summed E-state index contributed by atoms with van der Waals surface area (Å²) in [5, 5.41) is 12.7. The molecule has 1 fully saturated rings. The van der Waals surface area contributed by atoms with Crippen LogP contribution >= 0.6 is 0 Å². The largest absolute Gasteiger partial charge is 0.339 e. The fraction of sp³-hybridized carbons (Fsp3) is 0.360. The van der Waals surface area contributed by atoms with Crippen LogP contribution in [0.3, 0.4) is 0 Å². The van der Waals surface area contributed by atoms with E-state index < -0.39 is 34.3 Å². The van der Waals surface area contributed by atoms with Crippen molar-refractivity contribution in [2.24, 2.45) is 5.92 Å². The lowest BCUT2D eigenvalue weighted by Crippen LogP contribution is -2.53. The van der Waals surface area contributed by atoms with Gasteiger partial charge in [0.05, 0.1) is 20.1 Å². The molecule has 2 aromatic rings. The second-order valence-corrected chi connectivity index (χ2v) is 9.30. The molecule has 0 radical (unpaired) electrons. The van der Waals surface area contributed by atoms with E-state index in [9.17, 15) is 23.6 Å². The van der Waals surface area contributed by atoms with Crippen molar-refractivity contribution in [3.05, 3.63) is 77.4 Å². The molecule has 6 nitrogen and oxygen atoms in total. The molecule has 0 spiro atoms. The minimum Gasteiger partial charge on any atom is -0.339 e. The van der Waals surface area contributed by atoms with Gasteiger partial charge in [-0.3, -0.25) is 9.59 Å². The number of carbonyl (C=O) groups is 2. The van der Waals surface area contributed by atoms with Crippen LogP contribution in [0.25, 0.3) is 5.57 Å². The van der Waals surface area contributed by atoms with E-state index in [-0.39, 0.29) is 30.5 Å². The molecule has 2 aliphatic rings. The summed E-state index contributed by atoms with van der Waals surface area (Å²) in [7, 11) is 2.95. The molecular formula is C25H28F2N3O3+. The third-order valence-corrected chi connectivity index (χ3v) is 5.94. The number of likely N-dealkylation sites (N-methyl/N-ethyl adjacent to an activating group) is 1. The molecule has 2 aromatic carbocycles. The molecule has 1 heterocycles. The number of hydroxylamine groups is 3. The second kappa shape index (κ2) is 9.03. The van der Waals surface area contributed by atoms with Gasteiger partial charge in [-0.2, -0.15) is 4.65 Å². The molecule has 174 valence electrons. The zero-order valence-corrected chi connectivity index (χ0v) is 18.7. The molecule has 0 bridgehead atoms. The highest BCUT2D eigenvalue weighted by molar-refractivity contribution is 5.91. The van der Waals surface area contributed by atoms with Crippen molar-refractivity contribution in [3.8, 4) is 0 Å². The number of amides is 2. The van der Waals surface area contributed by atoms with Crippen molar-refractivity contribution >= 4 is 17.4 Å². The average Bonchev–Trinajstić information content (AvgIpc) is 3.50. The minimum atomic E-state index is -0.736. The number of carbonyl (C=O) groups excluding carboxylic acids is 2. The Kier molecular flexibility index (Phi) is 6.32. The highest BCUT2D eigenvalue weighted by Crippen LogP contribution is 2.39. The Morgan fingerprint density at radius 3 is 2.48 bits per heavy atom.